The fourth-order valence-corrected chi connectivity index (χ4v) is 4.15. The first-order valence-corrected chi connectivity index (χ1v) is 11.0. The summed E-state index contributed by atoms with van der Waals surface area (Å²) in [5.41, 5.74) is -0.603. The minimum Gasteiger partial charge on any atom is -0.465 e. The minimum atomic E-state index is -1.03. The standard InChI is InChI=1S/C19H36N2O3S/c1-19(2,3)21(18(23)24)16(12-14-25-4)17(22)20-13-8-11-15-9-6-5-7-10-15/h15-16H,5-14H2,1-4H3,(H,20,22)(H,23,24). The van der Waals surface area contributed by atoms with Crippen LogP contribution in [0.4, 0.5) is 4.79 Å². The first kappa shape index (κ1) is 22.1. The Kier molecular flexibility index (Phi) is 9.69. The van der Waals surface area contributed by atoms with Gasteiger partial charge in [0.2, 0.25) is 5.91 Å². The second kappa shape index (κ2) is 10.9. The molecule has 1 atom stereocenters. The highest BCUT2D eigenvalue weighted by molar-refractivity contribution is 7.98. The Morgan fingerprint density at radius 1 is 1.24 bits per heavy atom. The monoisotopic (exact) mass is 372 g/mol. The zero-order valence-electron chi connectivity index (χ0n) is 16.3. The number of nitrogens with one attached hydrogen (secondary N) is 1. The fourth-order valence-electron chi connectivity index (χ4n) is 3.69. The molecule has 6 heteroatoms. The van der Waals surface area contributed by atoms with Crippen molar-refractivity contribution in [3.05, 3.63) is 0 Å². The Morgan fingerprint density at radius 3 is 2.40 bits per heavy atom. The lowest BCUT2D eigenvalue weighted by Gasteiger charge is -2.38. The maximum atomic E-state index is 12.7. The summed E-state index contributed by atoms with van der Waals surface area (Å²) >= 11 is 1.63. The summed E-state index contributed by atoms with van der Waals surface area (Å²) in [7, 11) is 0. The van der Waals surface area contributed by atoms with E-state index < -0.39 is 17.7 Å². The van der Waals surface area contributed by atoms with Crippen molar-refractivity contribution in [1.29, 1.82) is 0 Å². The normalized spacial score (nSPS) is 17.1. The molecule has 2 amide bonds. The van der Waals surface area contributed by atoms with Crippen molar-refractivity contribution in [2.24, 2.45) is 5.92 Å². The predicted molar refractivity (Wildman–Crippen MR) is 105 cm³/mol. The number of carbonyl (C=O) groups is 2. The Morgan fingerprint density at radius 2 is 1.88 bits per heavy atom. The van der Waals surface area contributed by atoms with Crippen LogP contribution in [0.25, 0.3) is 0 Å². The van der Waals surface area contributed by atoms with Gasteiger partial charge in [-0.05, 0) is 58.0 Å². The number of rotatable bonds is 9. The van der Waals surface area contributed by atoms with Crippen LogP contribution in [0.1, 0.15) is 72.1 Å². The summed E-state index contributed by atoms with van der Waals surface area (Å²) < 4.78 is 0. The van der Waals surface area contributed by atoms with Crippen molar-refractivity contribution in [3.8, 4) is 0 Å². The number of thioether (sulfide) groups is 1. The summed E-state index contributed by atoms with van der Waals surface area (Å²) in [6.07, 6.45) is 10.3. The number of carboxylic acid groups (broad SMARTS) is 1. The van der Waals surface area contributed by atoms with E-state index in [0.29, 0.717) is 13.0 Å². The van der Waals surface area contributed by atoms with Crippen molar-refractivity contribution in [2.75, 3.05) is 18.6 Å². The Bertz CT molecular complexity index is 417. The van der Waals surface area contributed by atoms with Gasteiger partial charge in [-0.2, -0.15) is 11.8 Å². The largest absolute Gasteiger partial charge is 0.465 e. The van der Waals surface area contributed by atoms with E-state index in [-0.39, 0.29) is 5.91 Å². The first-order chi connectivity index (χ1) is 11.8. The zero-order valence-corrected chi connectivity index (χ0v) is 17.2. The molecular weight excluding hydrogens is 336 g/mol. The summed E-state index contributed by atoms with van der Waals surface area (Å²) in [6, 6.07) is -0.625. The van der Waals surface area contributed by atoms with Gasteiger partial charge in [-0.1, -0.05) is 32.1 Å². The lowest BCUT2D eigenvalue weighted by atomic mass is 9.86. The Hall–Kier alpha value is -0.910. The number of hydrogen-bond donors (Lipinski definition) is 2. The lowest BCUT2D eigenvalue weighted by molar-refractivity contribution is -0.127. The Labute approximate surface area is 157 Å². The Balaban J connectivity index is 2.55. The second-order valence-corrected chi connectivity index (χ2v) is 9.04. The van der Waals surface area contributed by atoms with Gasteiger partial charge in [0.1, 0.15) is 6.04 Å². The predicted octanol–water partition coefficient (Wildman–Crippen LogP) is 4.36. The maximum absolute atomic E-state index is 12.7. The van der Waals surface area contributed by atoms with Crippen LogP contribution < -0.4 is 5.32 Å². The van der Waals surface area contributed by atoms with Gasteiger partial charge in [0.25, 0.3) is 0 Å². The van der Waals surface area contributed by atoms with E-state index >= 15 is 0 Å². The first-order valence-electron chi connectivity index (χ1n) is 9.56. The molecule has 1 fully saturated rings. The molecule has 1 saturated carbocycles. The third-order valence-corrected chi connectivity index (χ3v) is 5.60. The van der Waals surface area contributed by atoms with Gasteiger partial charge >= 0.3 is 6.09 Å². The van der Waals surface area contributed by atoms with Gasteiger partial charge in [-0.15, -0.1) is 0 Å². The molecule has 1 unspecified atom stereocenters. The topological polar surface area (TPSA) is 69.6 Å². The SMILES string of the molecule is CSCCC(C(=O)NCCCC1CCCCC1)N(C(=O)O)C(C)(C)C. The van der Waals surface area contributed by atoms with Crippen LogP contribution >= 0.6 is 11.8 Å². The van der Waals surface area contributed by atoms with Crippen molar-refractivity contribution < 1.29 is 14.7 Å². The van der Waals surface area contributed by atoms with Crippen molar-refractivity contribution in [1.82, 2.24) is 10.2 Å². The molecule has 1 aliphatic rings. The molecule has 2 N–H and O–H groups in total. The van der Waals surface area contributed by atoms with Gasteiger partial charge in [0, 0.05) is 12.1 Å². The molecule has 0 bridgehead atoms. The highest BCUT2D eigenvalue weighted by Crippen LogP contribution is 2.27. The smallest absolute Gasteiger partial charge is 0.408 e. The molecule has 0 aromatic rings. The lowest BCUT2D eigenvalue weighted by Crippen LogP contribution is -2.57. The fraction of sp³-hybridized carbons (Fsp3) is 0.895. The quantitative estimate of drug-likeness (QED) is 0.590. The molecule has 0 aromatic heterocycles. The highest BCUT2D eigenvalue weighted by atomic mass is 32.2. The second-order valence-electron chi connectivity index (χ2n) is 8.06. The van der Waals surface area contributed by atoms with Gasteiger partial charge in [-0.25, -0.2) is 4.79 Å². The number of amides is 2. The molecule has 0 radical (unpaired) electrons. The molecule has 0 aromatic carbocycles. The molecular formula is C19H36N2O3S. The van der Waals surface area contributed by atoms with Crippen LogP contribution in [-0.2, 0) is 4.79 Å². The molecule has 0 aliphatic heterocycles. The van der Waals surface area contributed by atoms with E-state index in [1.165, 1.54) is 37.0 Å². The van der Waals surface area contributed by atoms with Gasteiger partial charge in [0.15, 0.2) is 0 Å². The van der Waals surface area contributed by atoms with Gasteiger partial charge in [-0.3, -0.25) is 9.69 Å². The van der Waals surface area contributed by atoms with E-state index in [9.17, 15) is 14.7 Å². The third kappa shape index (κ3) is 7.89. The van der Waals surface area contributed by atoms with Crippen LogP contribution in [0.3, 0.4) is 0 Å². The van der Waals surface area contributed by atoms with Gasteiger partial charge in [0.05, 0.1) is 0 Å². The summed E-state index contributed by atoms with van der Waals surface area (Å²) in [5, 5.41) is 12.6. The highest BCUT2D eigenvalue weighted by Gasteiger charge is 2.36. The van der Waals surface area contributed by atoms with Crippen molar-refractivity contribution in [3.63, 3.8) is 0 Å². The van der Waals surface area contributed by atoms with Crippen molar-refractivity contribution in [2.45, 2.75) is 83.7 Å². The van der Waals surface area contributed by atoms with Crippen LogP contribution in [0.2, 0.25) is 0 Å². The maximum Gasteiger partial charge on any atom is 0.408 e. The summed E-state index contributed by atoms with van der Waals surface area (Å²) in [4.78, 5) is 25.7. The molecule has 5 nitrogen and oxygen atoms in total. The van der Waals surface area contributed by atoms with Gasteiger partial charge < -0.3 is 10.4 Å². The average molecular weight is 373 g/mol. The van der Waals surface area contributed by atoms with E-state index in [0.717, 1.165) is 24.5 Å². The molecule has 1 aliphatic carbocycles. The van der Waals surface area contributed by atoms with Crippen LogP contribution in [-0.4, -0.2) is 52.1 Å². The van der Waals surface area contributed by atoms with Crippen LogP contribution in [0.5, 0.6) is 0 Å². The van der Waals surface area contributed by atoms with Crippen molar-refractivity contribution >= 4 is 23.8 Å². The zero-order chi connectivity index (χ0) is 18.9. The minimum absolute atomic E-state index is 0.157. The van der Waals surface area contributed by atoms with Crippen LogP contribution in [0.15, 0.2) is 0 Å². The van der Waals surface area contributed by atoms with Crippen LogP contribution in [0, 0.1) is 5.92 Å². The van der Waals surface area contributed by atoms with E-state index in [1.54, 1.807) is 11.8 Å². The van der Waals surface area contributed by atoms with E-state index in [1.807, 2.05) is 27.0 Å². The summed E-state index contributed by atoms with van der Waals surface area (Å²) in [5.74, 6) is 1.41. The third-order valence-electron chi connectivity index (χ3n) is 4.95. The summed E-state index contributed by atoms with van der Waals surface area (Å²) in [6.45, 7) is 6.15. The molecule has 0 saturated heterocycles. The molecule has 25 heavy (non-hydrogen) atoms. The molecule has 0 spiro atoms. The molecule has 0 heterocycles. The average Bonchev–Trinajstić information content (AvgIpc) is 2.54. The number of nitrogens with zero attached hydrogens (tertiary/aromatic N) is 1. The molecule has 146 valence electrons. The van der Waals surface area contributed by atoms with E-state index in [2.05, 4.69) is 5.32 Å². The number of carbonyl (C=O) groups excluding carboxylic acids is 1. The number of hydrogen-bond acceptors (Lipinski definition) is 3. The molecule has 1 rings (SSSR count). The van der Waals surface area contributed by atoms with E-state index in [4.69, 9.17) is 0 Å².